The average molecular weight is 291 g/mol. The van der Waals surface area contributed by atoms with Crippen molar-refractivity contribution in [3.8, 4) is 0 Å². The largest absolute Gasteiger partial charge is 0.444 e. The number of amides is 1. The van der Waals surface area contributed by atoms with Gasteiger partial charge in [-0.05, 0) is 45.7 Å². The Hall–Kier alpha value is -1.78. The minimum Gasteiger partial charge on any atom is -0.444 e. The van der Waals surface area contributed by atoms with Crippen LogP contribution in [-0.2, 0) is 4.74 Å². The first-order valence-corrected chi connectivity index (χ1v) is 7.48. The minimum atomic E-state index is -0.448. The Morgan fingerprint density at radius 1 is 1.43 bits per heavy atom. The Morgan fingerprint density at radius 2 is 2.19 bits per heavy atom. The molecule has 0 unspecified atom stereocenters. The van der Waals surface area contributed by atoms with Crippen molar-refractivity contribution in [2.24, 2.45) is 0 Å². The molecule has 0 radical (unpaired) electrons. The van der Waals surface area contributed by atoms with E-state index in [4.69, 9.17) is 4.74 Å². The van der Waals surface area contributed by atoms with Gasteiger partial charge in [-0.3, -0.25) is 0 Å². The lowest BCUT2D eigenvalue weighted by Crippen LogP contribution is -2.50. The fraction of sp³-hybridized carbons (Fsp3) is 0.625. The number of aromatic nitrogens is 1. The van der Waals surface area contributed by atoms with E-state index in [-0.39, 0.29) is 12.1 Å². The summed E-state index contributed by atoms with van der Waals surface area (Å²) >= 11 is 0. The Balaban J connectivity index is 1.99. The molecule has 1 atom stereocenters. The highest BCUT2D eigenvalue weighted by Crippen LogP contribution is 2.21. The van der Waals surface area contributed by atoms with Crippen LogP contribution in [0.5, 0.6) is 0 Å². The SMILES string of the molecule is CN(c1ccccn1)[C@@H]1CCCN(C(=O)OC(C)(C)C)C1. The predicted molar refractivity (Wildman–Crippen MR) is 83.5 cm³/mol. The maximum Gasteiger partial charge on any atom is 0.410 e. The second kappa shape index (κ2) is 6.33. The topological polar surface area (TPSA) is 45.7 Å². The Kier molecular flexibility index (Phi) is 4.70. The van der Waals surface area contributed by atoms with Crippen LogP contribution in [0.3, 0.4) is 0 Å². The third kappa shape index (κ3) is 4.34. The lowest BCUT2D eigenvalue weighted by atomic mass is 10.0. The van der Waals surface area contributed by atoms with Gasteiger partial charge in [0.1, 0.15) is 11.4 Å². The number of likely N-dealkylation sites (N-methyl/N-ethyl adjacent to an activating group) is 1. The molecular formula is C16H25N3O2. The fourth-order valence-electron chi connectivity index (χ4n) is 2.51. The number of carbonyl (C=O) groups is 1. The first-order chi connectivity index (χ1) is 9.87. The van der Waals surface area contributed by atoms with Crippen LogP contribution in [-0.4, -0.2) is 47.8 Å². The van der Waals surface area contributed by atoms with E-state index in [1.54, 1.807) is 11.1 Å². The molecule has 1 aliphatic heterocycles. The summed E-state index contributed by atoms with van der Waals surface area (Å²) < 4.78 is 5.46. The van der Waals surface area contributed by atoms with Gasteiger partial charge in [-0.1, -0.05) is 6.07 Å². The molecule has 2 heterocycles. The van der Waals surface area contributed by atoms with Gasteiger partial charge in [0.05, 0.1) is 0 Å². The normalized spacial score (nSPS) is 19.2. The Bertz CT molecular complexity index is 470. The molecule has 1 amide bonds. The zero-order valence-electron chi connectivity index (χ0n) is 13.4. The zero-order valence-corrected chi connectivity index (χ0v) is 13.4. The van der Waals surface area contributed by atoms with Gasteiger partial charge >= 0.3 is 6.09 Å². The standard InChI is InChI=1S/C16H25N3O2/c1-16(2,3)21-15(20)19-11-7-8-13(12-19)18(4)14-9-5-6-10-17-14/h5-6,9-10,13H,7-8,11-12H2,1-4H3/t13-/m1/s1. The van der Waals surface area contributed by atoms with E-state index in [1.807, 2.05) is 46.0 Å². The van der Waals surface area contributed by atoms with Gasteiger partial charge in [-0.2, -0.15) is 0 Å². The number of hydrogen-bond donors (Lipinski definition) is 0. The van der Waals surface area contributed by atoms with Crippen LogP contribution in [0.15, 0.2) is 24.4 Å². The molecule has 0 N–H and O–H groups in total. The van der Waals surface area contributed by atoms with Crippen molar-refractivity contribution >= 4 is 11.9 Å². The smallest absolute Gasteiger partial charge is 0.410 e. The molecule has 1 aliphatic rings. The summed E-state index contributed by atoms with van der Waals surface area (Å²) in [5, 5.41) is 0. The number of ether oxygens (including phenoxy) is 1. The summed E-state index contributed by atoms with van der Waals surface area (Å²) in [6, 6.07) is 6.16. The summed E-state index contributed by atoms with van der Waals surface area (Å²) in [6.07, 6.45) is 3.62. The van der Waals surface area contributed by atoms with Crippen LogP contribution in [0.25, 0.3) is 0 Å². The van der Waals surface area contributed by atoms with Crippen LogP contribution < -0.4 is 4.90 Å². The van der Waals surface area contributed by atoms with E-state index in [1.165, 1.54) is 0 Å². The number of carbonyl (C=O) groups excluding carboxylic acids is 1. The number of likely N-dealkylation sites (tertiary alicyclic amines) is 1. The second-order valence-corrected chi connectivity index (χ2v) is 6.52. The van der Waals surface area contributed by atoms with Crippen molar-refractivity contribution in [2.45, 2.75) is 45.3 Å². The molecule has 5 heteroatoms. The molecular weight excluding hydrogens is 266 g/mol. The third-order valence-corrected chi connectivity index (χ3v) is 3.61. The van der Waals surface area contributed by atoms with Crippen LogP contribution >= 0.6 is 0 Å². The van der Waals surface area contributed by atoms with Gasteiger partial charge in [-0.25, -0.2) is 9.78 Å². The maximum atomic E-state index is 12.2. The monoisotopic (exact) mass is 291 g/mol. The van der Waals surface area contributed by atoms with E-state index < -0.39 is 5.60 Å². The highest BCUT2D eigenvalue weighted by atomic mass is 16.6. The number of anilines is 1. The van der Waals surface area contributed by atoms with Crippen LogP contribution in [0.1, 0.15) is 33.6 Å². The van der Waals surface area contributed by atoms with Gasteiger partial charge in [0, 0.05) is 32.4 Å². The molecule has 1 saturated heterocycles. The van der Waals surface area contributed by atoms with E-state index in [0.29, 0.717) is 6.54 Å². The lowest BCUT2D eigenvalue weighted by Gasteiger charge is -2.38. The fourth-order valence-corrected chi connectivity index (χ4v) is 2.51. The molecule has 1 aromatic rings. The molecule has 116 valence electrons. The number of rotatable bonds is 2. The van der Waals surface area contributed by atoms with Crippen LogP contribution in [0.2, 0.25) is 0 Å². The van der Waals surface area contributed by atoms with Crippen molar-refractivity contribution in [1.29, 1.82) is 0 Å². The number of nitrogens with zero attached hydrogens (tertiary/aromatic N) is 3. The summed E-state index contributed by atoms with van der Waals surface area (Å²) in [6.45, 7) is 7.13. The van der Waals surface area contributed by atoms with Gasteiger partial charge in [0.25, 0.3) is 0 Å². The summed E-state index contributed by atoms with van der Waals surface area (Å²) in [7, 11) is 2.03. The van der Waals surface area contributed by atoms with Gasteiger partial charge < -0.3 is 14.5 Å². The summed E-state index contributed by atoms with van der Waals surface area (Å²) in [4.78, 5) is 20.5. The van der Waals surface area contributed by atoms with E-state index in [9.17, 15) is 4.79 Å². The van der Waals surface area contributed by atoms with Crippen molar-refractivity contribution in [3.05, 3.63) is 24.4 Å². The zero-order chi connectivity index (χ0) is 15.5. The lowest BCUT2D eigenvalue weighted by molar-refractivity contribution is 0.0199. The minimum absolute atomic E-state index is 0.221. The van der Waals surface area contributed by atoms with E-state index in [2.05, 4.69) is 9.88 Å². The van der Waals surface area contributed by atoms with Crippen LogP contribution in [0.4, 0.5) is 10.6 Å². The molecule has 0 bridgehead atoms. The highest BCUT2D eigenvalue weighted by molar-refractivity contribution is 5.68. The summed E-state index contributed by atoms with van der Waals surface area (Å²) in [5.41, 5.74) is -0.448. The number of hydrogen-bond acceptors (Lipinski definition) is 4. The average Bonchev–Trinajstić information content (AvgIpc) is 2.46. The third-order valence-electron chi connectivity index (χ3n) is 3.61. The van der Waals surface area contributed by atoms with Crippen molar-refractivity contribution in [1.82, 2.24) is 9.88 Å². The molecule has 0 aliphatic carbocycles. The van der Waals surface area contributed by atoms with Gasteiger partial charge in [0.2, 0.25) is 0 Å². The van der Waals surface area contributed by atoms with Crippen molar-refractivity contribution in [3.63, 3.8) is 0 Å². The van der Waals surface area contributed by atoms with E-state index >= 15 is 0 Å². The summed E-state index contributed by atoms with van der Waals surface area (Å²) in [5.74, 6) is 0.938. The number of pyridine rings is 1. The van der Waals surface area contributed by atoms with Gasteiger partial charge in [-0.15, -0.1) is 0 Å². The Morgan fingerprint density at radius 3 is 2.81 bits per heavy atom. The quantitative estimate of drug-likeness (QED) is 0.840. The van der Waals surface area contributed by atoms with E-state index in [0.717, 1.165) is 25.2 Å². The molecule has 1 fully saturated rings. The maximum absolute atomic E-state index is 12.2. The van der Waals surface area contributed by atoms with Crippen molar-refractivity contribution in [2.75, 3.05) is 25.0 Å². The molecule has 0 saturated carbocycles. The van der Waals surface area contributed by atoms with Crippen LogP contribution in [0, 0.1) is 0 Å². The Labute approximate surface area is 126 Å². The molecule has 5 nitrogen and oxygen atoms in total. The first kappa shape index (κ1) is 15.6. The molecule has 0 aromatic carbocycles. The molecule has 0 spiro atoms. The molecule has 1 aromatic heterocycles. The molecule has 21 heavy (non-hydrogen) atoms. The van der Waals surface area contributed by atoms with Crippen molar-refractivity contribution < 1.29 is 9.53 Å². The number of piperidine rings is 1. The predicted octanol–water partition coefficient (Wildman–Crippen LogP) is 2.92. The molecule has 2 rings (SSSR count). The highest BCUT2D eigenvalue weighted by Gasteiger charge is 2.29. The second-order valence-electron chi connectivity index (χ2n) is 6.52. The van der Waals surface area contributed by atoms with Gasteiger partial charge in [0.15, 0.2) is 0 Å². The first-order valence-electron chi connectivity index (χ1n) is 7.48.